The number of hydrogen-bond donors (Lipinski definition) is 1. The first-order valence-electron chi connectivity index (χ1n) is 7.06. The molecule has 0 aliphatic carbocycles. The number of aliphatic hydroxyl groups excluding tert-OH is 1. The van der Waals surface area contributed by atoms with Crippen LogP contribution < -0.4 is 0 Å². The number of rotatable bonds is 1. The molecule has 0 fully saturated rings. The van der Waals surface area contributed by atoms with Crippen molar-refractivity contribution in [3.63, 3.8) is 0 Å². The molecule has 0 saturated carbocycles. The van der Waals surface area contributed by atoms with Crippen LogP contribution in [0.2, 0.25) is 0 Å². The van der Waals surface area contributed by atoms with Gasteiger partial charge < -0.3 is 14.7 Å². The van der Waals surface area contributed by atoms with E-state index in [9.17, 15) is 4.79 Å². The Balaban J connectivity index is 0.00000106. The quantitative estimate of drug-likeness (QED) is 0.864. The van der Waals surface area contributed by atoms with E-state index in [0.29, 0.717) is 6.54 Å². The second kappa shape index (κ2) is 7.27. The molecule has 1 heterocycles. The number of ether oxygens (including phenoxy) is 1. The molecule has 1 aliphatic rings. The second-order valence-corrected chi connectivity index (χ2v) is 5.88. The Hall–Kier alpha value is -1.81. The van der Waals surface area contributed by atoms with Gasteiger partial charge in [0.05, 0.1) is 0 Å². The maximum absolute atomic E-state index is 12.1. The molecule has 2 rings (SSSR count). The highest BCUT2D eigenvalue weighted by Gasteiger charge is 2.25. The minimum absolute atomic E-state index is 0.234. The predicted octanol–water partition coefficient (Wildman–Crippen LogP) is 3.23. The summed E-state index contributed by atoms with van der Waals surface area (Å²) in [4.78, 5) is 13.8. The van der Waals surface area contributed by atoms with Crippen LogP contribution in [0.25, 0.3) is 6.08 Å². The van der Waals surface area contributed by atoms with E-state index in [0.717, 1.165) is 25.6 Å². The normalized spacial score (nSPS) is 13.7. The summed E-state index contributed by atoms with van der Waals surface area (Å²) in [6.07, 6.45) is 2.47. The summed E-state index contributed by atoms with van der Waals surface area (Å²) in [6, 6.07) is 6.28. The van der Waals surface area contributed by atoms with Crippen LogP contribution in [-0.4, -0.2) is 35.4 Å². The first kappa shape index (κ1) is 17.2. The van der Waals surface area contributed by atoms with Crippen LogP contribution in [-0.2, 0) is 17.7 Å². The van der Waals surface area contributed by atoms with Gasteiger partial charge in [0.25, 0.3) is 0 Å². The number of benzene rings is 1. The van der Waals surface area contributed by atoms with Crippen molar-refractivity contribution in [2.75, 3.05) is 13.7 Å². The fraction of sp³-hybridized carbons (Fsp3) is 0.471. The lowest BCUT2D eigenvalue weighted by molar-refractivity contribution is 0.0224. The summed E-state index contributed by atoms with van der Waals surface area (Å²) in [5, 5.41) is 7.00. The van der Waals surface area contributed by atoms with Crippen LogP contribution in [0.1, 0.15) is 37.5 Å². The van der Waals surface area contributed by atoms with Crippen molar-refractivity contribution in [2.45, 2.75) is 39.3 Å². The van der Waals surface area contributed by atoms with Gasteiger partial charge in [-0.2, -0.15) is 0 Å². The molecule has 1 N–H and O–H groups in total. The van der Waals surface area contributed by atoms with Crippen molar-refractivity contribution < 1.29 is 14.6 Å². The molecule has 0 atom stereocenters. The van der Waals surface area contributed by atoms with Crippen LogP contribution in [0.4, 0.5) is 4.79 Å². The zero-order valence-electron chi connectivity index (χ0n) is 13.3. The highest BCUT2D eigenvalue weighted by molar-refractivity contribution is 5.69. The second-order valence-electron chi connectivity index (χ2n) is 5.88. The summed E-state index contributed by atoms with van der Waals surface area (Å²) in [5.41, 5.74) is 3.14. The number of amides is 1. The summed E-state index contributed by atoms with van der Waals surface area (Å²) in [7, 11) is 1.00. The van der Waals surface area contributed by atoms with Crippen LogP contribution >= 0.6 is 0 Å². The fourth-order valence-corrected chi connectivity index (χ4v) is 2.19. The molecule has 0 saturated heterocycles. The van der Waals surface area contributed by atoms with Gasteiger partial charge in [-0.1, -0.05) is 24.8 Å². The Bertz CT molecular complexity index is 503. The smallest absolute Gasteiger partial charge is 0.410 e. The average molecular weight is 291 g/mol. The number of hydrogen-bond acceptors (Lipinski definition) is 3. The Kier molecular flexibility index (Phi) is 5.97. The third-order valence-corrected chi connectivity index (χ3v) is 3.13. The molecule has 4 heteroatoms. The zero-order chi connectivity index (χ0) is 16.0. The van der Waals surface area contributed by atoms with Gasteiger partial charge in [-0.25, -0.2) is 4.79 Å². The van der Waals surface area contributed by atoms with Gasteiger partial charge >= 0.3 is 6.09 Å². The van der Waals surface area contributed by atoms with E-state index in [1.807, 2.05) is 26.8 Å². The number of fused-ring (bicyclic) bond motifs is 1. The van der Waals surface area contributed by atoms with E-state index in [1.54, 1.807) is 4.90 Å². The Morgan fingerprint density at radius 3 is 2.57 bits per heavy atom. The van der Waals surface area contributed by atoms with E-state index in [2.05, 4.69) is 24.8 Å². The molecule has 1 amide bonds. The third-order valence-electron chi connectivity index (χ3n) is 3.13. The van der Waals surface area contributed by atoms with E-state index < -0.39 is 5.60 Å². The van der Waals surface area contributed by atoms with E-state index in [-0.39, 0.29) is 6.09 Å². The van der Waals surface area contributed by atoms with Crippen molar-refractivity contribution in [2.24, 2.45) is 0 Å². The van der Waals surface area contributed by atoms with Gasteiger partial charge in [-0.15, -0.1) is 0 Å². The molecule has 1 aliphatic heterocycles. The van der Waals surface area contributed by atoms with Crippen molar-refractivity contribution >= 4 is 12.2 Å². The van der Waals surface area contributed by atoms with Crippen molar-refractivity contribution in [3.8, 4) is 0 Å². The highest BCUT2D eigenvalue weighted by atomic mass is 16.6. The van der Waals surface area contributed by atoms with Crippen molar-refractivity contribution in [3.05, 3.63) is 41.5 Å². The summed E-state index contributed by atoms with van der Waals surface area (Å²) < 4.78 is 5.42. The molecule has 0 radical (unpaired) electrons. The van der Waals surface area contributed by atoms with E-state index in [1.165, 1.54) is 11.1 Å². The molecule has 21 heavy (non-hydrogen) atoms. The summed E-state index contributed by atoms with van der Waals surface area (Å²) in [5.74, 6) is 0. The van der Waals surface area contributed by atoms with Gasteiger partial charge in [0.1, 0.15) is 5.60 Å². The molecule has 1 aromatic carbocycles. The van der Waals surface area contributed by atoms with Gasteiger partial charge in [0, 0.05) is 20.2 Å². The minimum atomic E-state index is -0.444. The monoisotopic (exact) mass is 291 g/mol. The van der Waals surface area contributed by atoms with Crippen molar-refractivity contribution in [1.82, 2.24) is 4.90 Å². The lowest BCUT2D eigenvalue weighted by Crippen LogP contribution is -2.39. The minimum Gasteiger partial charge on any atom is -0.444 e. The topological polar surface area (TPSA) is 49.8 Å². The lowest BCUT2D eigenvalue weighted by Gasteiger charge is -2.31. The number of aliphatic hydroxyl groups is 1. The molecule has 4 nitrogen and oxygen atoms in total. The number of carbonyl (C=O) groups is 1. The molecule has 116 valence electrons. The van der Waals surface area contributed by atoms with Gasteiger partial charge in [0.15, 0.2) is 0 Å². The number of nitrogens with zero attached hydrogens (tertiary/aromatic N) is 1. The highest BCUT2D eigenvalue weighted by Crippen LogP contribution is 2.22. The van der Waals surface area contributed by atoms with Crippen LogP contribution in [0.15, 0.2) is 24.8 Å². The van der Waals surface area contributed by atoms with Crippen LogP contribution in [0.3, 0.4) is 0 Å². The first-order valence-corrected chi connectivity index (χ1v) is 7.06. The molecule has 0 bridgehead atoms. The molecule has 0 aromatic heterocycles. The average Bonchev–Trinajstić information content (AvgIpc) is 2.46. The standard InChI is InChI=1S/C16H21NO2.CH4O/c1-5-12-6-7-13-8-9-17(11-14(13)10-12)15(18)19-16(2,3)4;1-2/h5-7,10H,1,8-9,11H2,2-4H3;2H,1H3. The van der Waals surface area contributed by atoms with Crippen molar-refractivity contribution in [1.29, 1.82) is 0 Å². The molecular weight excluding hydrogens is 266 g/mol. The Morgan fingerprint density at radius 1 is 1.33 bits per heavy atom. The SMILES string of the molecule is C=Cc1ccc2c(c1)CN(C(=O)OC(C)(C)C)CC2.CO. The van der Waals surface area contributed by atoms with Crippen LogP contribution in [0, 0.1) is 0 Å². The predicted molar refractivity (Wildman–Crippen MR) is 85.0 cm³/mol. The molecule has 0 unspecified atom stereocenters. The zero-order valence-corrected chi connectivity index (χ0v) is 13.3. The number of carbonyl (C=O) groups excluding carboxylic acids is 1. The first-order chi connectivity index (χ1) is 9.89. The van der Waals surface area contributed by atoms with Crippen LogP contribution in [0.5, 0.6) is 0 Å². The van der Waals surface area contributed by atoms with E-state index >= 15 is 0 Å². The third kappa shape index (κ3) is 4.90. The summed E-state index contributed by atoms with van der Waals surface area (Å²) in [6.45, 7) is 10.8. The molecule has 1 aromatic rings. The maximum Gasteiger partial charge on any atom is 0.410 e. The largest absolute Gasteiger partial charge is 0.444 e. The Labute approximate surface area is 127 Å². The summed E-state index contributed by atoms with van der Waals surface area (Å²) >= 11 is 0. The Morgan fingerprint density at radius 2 is 2.00 bits per heavy atom. The lowest BCUT2D eigenvalue weighted by atomic mass is 9.97. The van der Waals surface area contributed by atoms with E-state index in [4.69, 9.17) is 9.84 Å². The van der Waals surface area contributed by atoms with Gasteiger partial charge in [-0.3, -0.25) is 0 Å². The van der Waals surface area contributed by atoms with Gasteiger partial charge in [-0.05, 0) is 49.9 Å². The fourth-order valence-electron chi connectivity index (χ4n) is 2.19. The maximum atomic E-state index is 12.1. The molecular formula is C17H25NO3. The molecule has 0 spiro atoms. The van der Waals surface area contributed by atoms with Gasteiger partial charge in [0.2, 0.25) is 0 Å².